The van der Waals surface area contributed by atoms with Gasteiger partial charge in [-0.05, 0) is 70.7 Å². The Bertz CT molecular complexity index is 1540. The van der Waals surface area contributed by atoms with E-state index in [1.165, 1.54) is 13.3 Å². The predicted octanol–water partition coefficient (Wildman–Crippen LogP) is 5.49. The molecule has 210 valence electrons. The fourth-order valence-corrected chi connectivity index (χ4v) is 5.79. The van der Waals surface area contributed by atoms with E-state index in [0.717, 1.165) is 31.4 Å². The largest absolute Gasteiger partial charge is 0.444 e. The van der Waals surface area contributed by atoms with Crippen molar-refractivity contribution in [2.24, 2.45) is 5.92 Å². The number of carbonyl (C=O) groups is 1. The first-order valence-electron chi connectivity index (χ1n) is 13.0. The molecule has 1 aliphatic carbocycles. The van der Waals surface area contributed by atoms with Crippen LogP contribution in [0.3, 0.4) is 0 Å². The Morgan fingerprint density at radius 2 is 1.95 bits per heavy atom. The Balaban J connectivity index is 1.65. The smallest absolute Gasteiger partial charge is 0.410 e. The van der Waals surface area contributed by atoms with E-state index in [4.69, 9.17) is 4.74 Å². The lowest BCUT2D eigenvalue weighted by molar-refractivity contribution is 0.0120. The van der Waals surface area contributed by atoms with Crippen LogP contribution in [0.15, 0.2) is 46.1 Å². The van der Waals surface area contributed by atoms with Gasteiger partial charge in [0.05, 0.1) is 22.5 Å². The van der Waals surface area contributed by atoms with Gasteiger partial charge < -0.3 is 14.6 Å². The van der Waals surface area contributed by atoms with Gasteiger partial charge in [-0.15, -0.1) is 0 Å². The molecule has 0 radical (unpaired) electrons. The second-order valence-electron chi connectivity index (χ2n) is 11.2. The fourth-order valence-electron chi connectivity index (χ4n) is 4.65. The van der Waals surface area contributed by atoms with Crippen LogP contribution in [0.2, 0.25) is 0 Å². The van der Waals surface area contributed by atoms with Crippen molar-refractivity contribution >= 4 is 32.7 Å². The maximum atomic E-state index is 14.8. The highest BCUT2D eigenvalue weighted by molar-refractivity contribution is 7.92. The third-order valence-electron chi connectivity index (χ3n) is 6.83. The van der Waals surface area contributed by atoms with Crippen LogP contribution in [-0.2, 0) is 21.3 Å². The Kier molecular flexibility index (Phi) is 8.02. The number of benzene rings is 2. The Morgan fingerprint density at radius 3 is 2.59 bits per heavy atom. The second-order valence-corrected chi connectivity index (χ2v) is 12.9. The number of aryl methyl sites for hydroxylation is 1. The Morgan fingerprint density at radius 1 is 1.26 bits per heavy atom. The molecular weight excluding hydrogens is 523 g/mol. The molecule has 2 aromatic carbocycles. The number of para-hydroxylation sites is 1. The highest BCUT2D eigenvalue weighted by Crippen LogP contribution is 2.33. The summed E-state index contributed by atoms with van der Waals surface area (Å²) in [6.07, 6.45) is 3.79. The lowest BCUT2D eigenvalue weighted by Crippen LogP contribution is -2.43. The van der Waals surface area contributed by atoms with Crippen LogP contribution in [0, 0.1) is 18.7 Å². The standard InChI is InChI=1S/C28H35FN4O5S/c1-17(13-19-9-8-10-19)33(27(35)38-28(3,4)5)16-20-11-6-7-12-24(20)32-39(36,37)21-14-22-25(23(29)15-21)30-18(2)31-26(22)34/h6-7,11-12,14-15,17,19,32H,8-10,13,16H2,1-5H3,(H,30,31,34)/t17-/m0/s1. The Hall–Kier alpha value is -3.47. The molecule has 1 heterocycles. The summed E-state index contributed by atoms with van der Waals surface area (Å²) in [6.45, 7) is 8.98. The molecule has 1 saturated carbocycles. The minimum atomic E-state index is -4.30. The number of nitrogens with zero attached hydrogens (tertiary/aromatic N) is 2. The van der Waals surface area contributed by atoms with Crippen molar-refractivity contribution in [3.05, 3.63) is 64.0 Å². The van der Waals surface area contributed by atoms with Crippen LogP contribution < -0.4 is 10.3 Å². The molecule has 0 aliphatic heterocycles. The fraction of sp³-hybridized carbons (Fsp3) is 0.464. The van der Waals surface area contributed by atoms with Crippen LogP contribution in [-0.4, -0.2) is 41.0 Å². The molecule has 3 aromatic rings. The molecule has 1 aliphatic rings. The summed E-state index contributed by atoms with van der Waals surface area (Å²) >= 11 is 0. The normalized spacial score (nSPS) is 15.0. The molecule has 0 saturated heterocycles. The quantitative estimate of drug-likeness (QED) is 0.377. The Labute approximate surface area is 227 Å². The van der Waals surface area contributed by atoms with Gasteiger partial charge in [0.1, 0.15) is 16.9 Å². The van der Waals surface area contributed by atoms with Gasteiger partial charge in [-0.3, -0.25) is 9.52 Å². The first-order valence-corrected chi connectivity index (χ1v) is 14.5. The molecule has 39 heavy (non-hydrogen) atoms. The number of ether oxygens (including phenoxy) is 1. The summed E-state index contributed by atoms with van der Waals surface area (Å²) in [4.78, 5) is 33.2. The highest BCUT2D eigenvalue weighted by Gasteiger charge is 2.30. The van der Waals surface area contributed by atoms with Crippen molar-refractivity contribution in [1.29, 1.82) is 0 Å². The number of hydrogen-bond donors (Lipinski definition) is 2. The number of aromatic amines is 1. The molecule has 1 atom stereocenters. The van der Waals surface area contributed by atoms with Gasteiger partial charge in [-0.25, -0.2) is 22.6 Å². The molecule has 4 rings (SSSR count). The van der Waals surface area contributed by atoms with Crippen molar-refractivity contribution in [2.45, 2.75) is 83.4 Å². The summed E-state index contributed by atoms with van der Waals surface area (Å²) in [5.74, 6) is -0.158. The minimum Gasteiger partial charge on any atom is -0.444 e. The number of hydrogen-bond acceptors (Lipinski definition) is 6. The number of carbonyl (C=O) groups excluding carboxylic acids is 1. The van der Waals surface area contributed by atoms with Crippen molar-refractivity contribution < 1.29 is 22.3 Å². The molecule has 1 aromatic heterocycles. The lowest BCUT2D eigenvalue weighted by atomic mass is 9.81. The third-order valence-corrected chi connectivity index (χ3v) is 8.17. The van der Waals surface area contributed by atoms with Crippen LogP contribution in [0.25, 0.3) is 10.9 Å². The van der Waals surface area contributed by atoms with Crippen molar-refractivity contribution in [1.82, 2.24) is 14.9 Å². The van der Waals surface area contributed by atoms with E-state index in [1.54, 1.807) is 49.9 Å². The number of aromatic nitrogens is 2. The zero-order valence-corrected chi connectivity index (χ0v) is 23.7. The van der Waals surface area contributed by atoms with E-state index < -0.39 is 38.0 Å². The van der Waals surface area contributed by atoms with E-state index in [9.17, 15) is 22.4 Å². The summed E-state index contributed by atoms with van der Waals surface area (Å²) in [5.41, 5.74) is -0.758. The summed E-state index contributed by atoms with van der Waals surface area (Å²) < 4.78 is 49.7. The van der Waals surface area contributed by atoms with E-state index >= 15 is 0 Å². The molecular formula is C28H35FN4O5S. The van der Waals surface area contributed by atoms with Crippen LogP contribution >= 0.6 is 0 Å². The number of fused-ring (bicyclic) bond motifs is 1. The van der Waals surface area contributed by atoms with E-state index in [-0.39, 0.29) is 35.0 Å². The molecule has 1 amide bonds. The molecule has 1 fully saturated rings. The number of H-pyrrole nitrogens is 1. The SMILES string of the molecule is Cc1nc2c(F)cc(S(=O)(=O)Nc3ccccc3CN(C(=O)OC(C)(C)C)[C@@H](C)CC3CCC3)cc2c(=O)[nH]1. The van der Waals surface area contributed by atoms with Gasteiger partial charge in [0.2, 0.25) is 0 Å². The molecule has 0 bridgehead atoms. The predicted molar refractivity (Wildman–Crippen MR) is 148 cm³/mol. The second kappa shape index (κ2) is 11.0. The number of nitrogens with one attached hydrogen (secondary N) is 2. The summed E-state index contributed by atoms with van der Waals surface area (Å²) in [5, 5.41) is -0.171. The number of sulfonamides is 1. The third kappa shape index (κ3) is 6.76. The van der Waals surface area contributed by atoms with E-state index in [2.05, 4.69) is 14.7 Å². The number of halogens is 1. The average molecular weight is 559 g/mol. The maximum Gasteiger partial charge on any atom is 0.410 e. The van der Waals surface area contributed by atoms with Crippen molar-refractivity contribution in [3.63, 3.8) is 0 Å². The minimum absolute atomic E-state index is 0.108. The number of anilines is 1. The van der Waals surface area contributed by atoms with Gasteiger partial charge in [-0.2, -0.15) is 0 Å². The first kappa shape index (κ1) is 28.5. The number of amides is 1. The van der Waals surface area contributed by atoms with Crippen molar-refractivity contribution in [3.8, 4) is 0 Å². The summed E-state index contributed by atoms with van der Waals surface area (Å²) in [7, 11) is -4.30. The van der Waals surface area contributed by atoms with Gasteiger partial charge in [-0.1, -0.05) is 37.5 Å². The van der Waals surface area contributed by atoms with Crippen LogP contribution in [0.1, 0.15) is 64.8 Å². The average Bonchev–Trinajstić information content (AvgIpc) is 2.79. The molecule has 9 nitrogen and oxygen atoms in total. The van der Waals surface area contributed by atoms with Crippen LogP contribution in [0.4, 0.5) is 14.9 Å². The van der Waals surface area contributed by atoms with Crippen molar-refractivity contribution in [2.75, 3.05) is 4.72 Å². The van der Waals surface area contributed by atoms with E-state index in [0.29, 0.717) is 11.5 Å². The molecule has 2 N–H and O–H groups in total. The van der Waals surface area contributed by atoms with E-state index in [1.807, 2.05) is 6.92 Å². The number of rotatable bonds is 8. The maximum absolute atomic E-state index is 14.8. The topological polar surface area (TPSA) is 121 Å². The van der Waals surface area contributed by atoms with Gasteiger partial charge in [0.15, 0.2) is 5.82 Å². The van der Waals surface area contributed by atoms with Gasteiger partial charge in [0.25, 0.3) is 15.6 Å². The lowest BCUT2D eigenvalue weighted by Gasteiger charge is -2.36. The van der Waals surface area contributed by atoms with Gasteiger partial charge >= 0.3 is 6.09 Å². The zero-order valence-electron chi connectivity index (χ0n) is 22.9. The molecule has 0 spiro atoms. The first-order chi connectivity index (χ1) is 18.2. The monoisotopic (exact) mass is 558 g/mol. The van der Waals surface area contributed by atoms with Crippen LogP contribution in [0.5, 0.6) is 0 Å². The highest BCUT2D eigenvalue weighted by atomic mass is 32.2. The summed E-state index contributed by atoms with van der Waals surface area (Å²) in [6, 6.07) is 8.52. The van der Waals surface area contributed by atoms with Gasteiger partial charge in [0, 0.05) is 6.04 Å². The zero-order chi connectivity index (χ0) is 28.5. The molecule has 0 unspecified atom stereocenters. The molecule has 11 heteroatoms.